The van der Waals surface area contributed by atoms with E-state index in [0.29, 0.717) is 23.6 Å². The van der Waals surface area contributed by atoms with Gasteiger partial charge in [-0.25, -0.2) is 9.18 Å². The zero-order valence-corrected chi connectivity index (χ0v) is 17.2. The normalized spacial score (nSPS) is 14.8. The molecular weight excluding hydrogens is 373 g/mol. The Morgan fingerprint density at radius 3 is 2.52 bits per heavy atom. The van der Waals surface area contributed by atoms with Crippen molar-refractivity contribution in [2.75, 3.05) is 6.61 Å². The average molecular weight is 401 g/mol. The van der Waals surface area contributed by atoms with Crippen molar-refractivity contribution in [3.63, 3.8) is 0 Å². The zero-order chi connectivity index (χ0) is 21.1. The van der Waals surface area contributed by atoms with Crippen LogP contribution in [0.2, 0.25) is 0 Å². The van der Waals surface area contributed by atoms with E-state index in [2.05, 4.69) is 4.98 Å². The van der Waals surface area contributed by atoms with Crippen molar-refractivity contribution in [3.8, 4) is 11.5 Å². The van der Waals surface area contributed by atoms with Crippen LogP contribution in [0.25, 0.3) is 0 Å². The summed E-state index contributed by atoms with van der Waals surface area (Å²) in [7, 11) is 0. The molecule has 1 fully saturated rings. The molecule has 0 spiro atoms. The van der Waals surface area contributed by atoms with Crippen molar-refractivity contribution in [2.45, 2.75) is 65.2 Å². The summed E-state index contributed by atoms with van der Waals surface area (Å²) in [4.78, 5) is 15.4. The van der Waals surface area contributed by atoms with E-state index in [-0.39, 0.29) is 11.7 Å². The first-order chi connectivity index (χ1) is 13.8. The van der Waals surface area contributed by atoms with Crippen LogP contribution in [0, 0.1) is 26.6 Å². The topological polar surface area (TPSA) is 79.7 Å². The van der Waals surface area contributed by atoms with Crippen molar-refractivity contribution in [1.82, 2.24) is 4.98 Å². The number of aryl methyl sites for hydroxylation is 1. The maximum atomic E-state index is 14.5. The minimum absolute atomic E-state index is 0.105. The van der Waals surface area contributed by atoms with Gasteiger partial charge in [0.2, 0.25) is 0 Å². The maximum absolute atomic E-state index is 14.5. The highest BCUT2D eigenvalue weighted by Crippen LogP contribution is 2.38. The molecule has 0 saturated heterocycles. The number of aliphatic carboxylic acids is 1. The summed E-state index contributed by atoms with van der Waals surface area (Å²) in [5, 5.41) is 19.1. The molecule has 0 bridgehead atoms. The van der Waals surface area contributed by atoms with Gasteiger partial charge in [-0.05, 0) is 68.0 Å². The molecule has 0 atom stereocenters. The molecule has 6 heteroatoms. The molecule has 1 aliphatic rings. The van der Waals surface area contributed by atoms with E-state index in [1.54, 1.807) is 0 Å². The van der Waals surface area contributed by atoms with Crippen molar-refractivity contribution in [1.29, 1.82) is 0 Å². The van der Waals surface area contributed by atoms with E-state index in [0.717, 1.165) is 47.9 Å². The van der Waals surface area contributed by atoms with Crippen molar-refractivity contribution in [3.05, 3.63) is 51.6 Å². The Morgan fingerprint density at radius 2 is 1.86 bits per heavy atom. The molecule has 1 aromatic heterocycles. The molecule has 1 heterocycles. The number of ether oxygens (including phenoxy) is 1. The molecule has 2 N–H and O–H groups in total. The number of hydrogen-bond donors (Lipinski definition) is 2. The molecule has 1 saturated carbocycles. The maximum Gasteiger partial charge on any atom is 0.341 e. The van der Waals surface area contributed by atoms with Gasteiger partial charge in [0.05, 0.1) is 5.69 Å². The largest absolute Gasteiger partial charge is 0.504 e. The van der Waals surface area contributed by atoms with E-state index < -0.39 is 18.4 Å². The van der Waals surface area contributed by atoms with Gasteiger partial charge < -0.3 is 14.9 Å². The first-order valence-electron chi connectivity index (χ1n) is 10.1. The minimum atomic E-state index is -1.03. The number of rotatable bonds is 6. The van der Waals surface area contributed by atoms with Crippen LogP contribution in [-0.2, 0) is 11.2 Å². The molecule has 0 amide bonds. The van der Waals surface area contributed by atoms with Crippen LogP contribution in [0.5, 0.6) is 11.5 Å². The molecule has 0 radical (unpaired) electrons. The summed E-state index contributed by atoms with van der Waals surface area (Å²) < 4.78 is 19.8. The lowest BCUT2D eigenvalue weighted by Gasteiger charge is -2.23. The average Bonchev–Trinajstić information content (AvgIpc) is 2.70. The summed E-state index contributed by atoms with van der Waals surface area (Å²) in [5.74, 6) is -1.32. The summed E-state index contributed by atoms with van der Waals surface area (Å²) >= 11 is 0. The van der Waals surface area contributed by atoms with Gasteiger partial charge in [0.15, 0.2) is 18.2 Å². The SMILES string of the molecule is Cc1cc(OCC(=O)O)c(C)c(C)c1Cc1cc(F)c(O)c(C2CCCCC2)n1. The van der Waals surface area contributed by atoms with Gasteiger partial charge in [0.25, 0.3) is 0 Å². The highest BCUT2D eigenvalue weighted by atomic mass is 19.1. The Balaban J connectivity index is 1.92. The lowest BCUT2D eigenvalue weighted by Crippen LogP contribution is -2.12. The quantitative estimate of drug-likeness (QED) is 0.716. The van der Waals surface area contributed by atoms with Crippen LogP contribution < -0.4 is 4.74 Å². The number of nitrogens with zero attached hydrogens (tertiary/aromatic N) is 1. The fraction of sp³-hybridized carbons (Fsp3) is 0.478. The molecule has 1 aromatic carbocycles. The Labute approximate surface area is 170 Å². The first-order valence-corrected chi connectivity index (χ1v) is 10.1. The number of carboxylic acids is 1. The lowest BCUT2D eigenvalue weighted by atomic mass is 9.86. The number of pyridine rings is 1. The number of aromatic nitrogens is 1. The number of carboxylic acid groups (broad SMARTS) is 1. The first kappa shape index (κ1) is 21.1. The number of benzene rings is 1. The fourth-order valence-electron chi connectivity index (χ4n) is 4.17. The monoisotopic (exact) mass is 401 g/mol. The molecule has 0 aliphatic heterocycles. The van der Waals surface area contributed by atoms with E-state index >= 15 is 0 Å². The van der Waals surface area contributed by atoms with Crippen LogP contribution in [0.4, 0.5) is 4.39 Å². The summed E-state index contributed by atoms with van der Waals surface area (Å²) in [6, 6.07) is 3.13. The summed E-state index contributed by atoms with van der Waals surface area (Å²) in [5.41, 5.74) is 4.85. The van der Waals surface area contributed by atoms with Gasteiger partial charge in [-0.2, -0.15) is 0 Å². The van der Waals surface area contributed by atoms with Gasteiger partial charge in [0.1, 0.15) is 5.75 Å². The number of halogens is 1. The third-order valence-corrected chi connectivity index (χ3v) is 5.94. The predicted octanol–water partition coefficient (Wildman–Crippen LogP) is 4.95. The van der Waals surface area contributed by atoms with Gasteiger partial charge in [-0.3, -0.25) is 4.98 Å². The lowest BCUT2D eigenvalue weighted by molar-refractivity contribution is -0.139. The van der Waals surface area contributed by atoms with Crippen LogP contribution in [0.1, 0.15) is 71.7 Å². The number of hydrogen-bond acceptors (Lipinski definition) is 4. The summed E-state index contributed by atoms with van der Waals surface area (Å²) in [6.07, 6.45) is 5.62. The highest BCUT2D eigenvalue weighted by molar-refractivity contribution is 5.68. The van der Waals surface area contributed by atoms with Crippen molar-refractivity contribution in [2.24, 2.45) is 0 Å². The number of aromatic hydroxyl groups is 1. The highest BCUT2D eigenvalue weighted by Gasteiger charge is 2.23. The molecule has 3 rings (SSSR count). The number of carbonyl (C=O) groups is 1. The van der Waals surface area contributed by atoms with Crippen LogP contribution in [0.3, 0.4) is 0 Å². The molecular formula is C23H28FNO4. The second kappa shape index (κ2) is 8.80. The van der Waals surface area contributed by atoms with Gasteiger partial charge in [0, 0.05) is 18.0 Å². The minimum Gasteiger partial charge on any atom is -0.504 e. The Morgan fingerprint density at radius 1 is 1.17 bits per heavy atom. The Kier molecular flexibility index (Phi) is 6.40. The molecule has 1 aliphatic carbocycles. The Bertz CT molecular complexity index is 920. The van der Waals surface area contributed by atoms with Crippen LogP contribution in [0.15, 0.2) is 12.1 Å². The standard InChI is InChI=1S/C23H28FNO4/c1-13-9-20(29-12-21(26)27)15(3)14(2)18(13)10-17-11-19(24)23(28)22(25-17)16-7-5-4-6-8-16/h9,11,16,28H,4-8,10,12H2,1-3H3,(H,26,27). The zero-order valence-electron chi connectivity index (χ0n) is 17.2. The van der Waals surface area contributed by atoms with Crippen molar-refractivity contribution < 1.29 is 24.1 Å². The molecule has 156 valence electrons. The Hall–Kier alpha value is -2.63. The van der Waals surface area contributed by atoms with Gasteiger partial charge >= 0.3 is 5.97 Å². The second-order valence-corrected chi connectivity index (χ2v) is 7.94. The van der Waals surface area contributed by atoms with Crippen LogP contribution in [-0.4, -0.2) is 27.8 Å². The molecule has 2 aromatic rings. The van der Waals surface area contributed by atoms with Crippen LogP contribution >= 0.6 is 0 Å². The fourth-order valence-corrected chi connectivity index (χ4v) is 4.17. The second-order valence-electron chi connectivity index (χ2n) is 7.94. The third kappa shape index (κ3) is 4.69. The smallest absolute Gasteiger partial charge is 0.341 e. The van der Waals surface area contributed by atoms with Gasteiger partial charge in [-0.1, -0.05) is 19.3 Å². The summed E-state index contributed by atoms with van der Waals surface area (Å²) in [6.45, 7) is 5.36. The molecule has 29 heavy (non-hydrogen) atoms. The molecule has 5 nitrogen and oxygen atoms in total. The van der Waals surface area contributed by atoms with E-state index in [9.17, 15) is 14.3 Å². The van der Waals surface area contributed by atoms with Gasteiger partial charge in [-0.15, -0.1) is 0 Å². The molecule has 0 unspecified atom stereocenters. The van der Waals surface area contributed by atoms with E-state index in [1.807, 2.05) is 26.8 Å². The van der Waals surface area contributed by atoms with Crippen molar-refractivity contribution >= 4 is 5.97 Å². The predicted molar refractivity (Wildman–Crippen MR) is 108 cm³/mol. The van der Waals surface area contributed by atoms with E-state index in [4.69, 9.17) is 9.84 Å². The van der Waals surface area contributed by atoms with E-state index in [1.165, 1.54) is 12.5 Å². The third-order valence-electron chi connectivity index (χ3n) is 5.94.